The normalized spacial score (nSPS) is 22.4. The summed E-state index contributed by atoms with van der Waals surface area (Å²) in [7, 11) is 0. The van der Waals surface area contributed by atoms with Crippen molar-refractivity contribution in [2.24, 2.45) is 0 Å². The predicted molar refractivity (Wildman–Crippen MR) is 46.3 cm³/mol. The first kappa shape index (κ1) is 10.1. The lowest BCUT2D eigenvalue weighted by molar-refractivity contribution is -0.146. The van der Waals surface area contributed by atoms with Crippen LogP contribution < -0.4 is 10.6 Å². The number of ether oxygens (including phenoxy) is 1. The summed E-state index contributed by atoms with van der Waals surface area (Å²) in [4.78, 5) is 21.7. The Balaban J connectivity index is 2.25. The molecule has 5 nitrogen and oxygen atoms in total. The van der Waals surface area contributed by atoms with Crippen LogP contribution in [0.2, 0.25) is 0 Å². The van der Waals surface area contributed by atoms with Crippen LogP contribution in [0.25, 0.3) is 0 Å². The second-order valence-corrected chi connectivity index (χ2v) is 2.96. The van der Waals surface area contributed by atoms with Gasteiger partial charge in [0, 0.05) is 26.6 Å². The molecule has 0 aromatic carbocycles. The number of carbonyl (C=O) groups excluding carboxylic acids is 2. The molecule has 1 aliphatic heterocycles. The highest BCUT2D eigenvalue weighted by molar-refractivity contribution is 5.87. The van der Waals surface area contributed by atoms with Crippen molar-refractivity contribution < 1.29 is 14.3 Å². The van der Waals surface area contributed by atoms with E-state index in [1.807, 2.05) is 0 Å². The number of carbonyl (C=O) groups is 2. The van der Waals surface area contributed by atoms with Gasteiger partial charge in [0.05, 0.1) is 6.04 Å². The molecule has 0 spiro atoms. The third-order valence-corrected chi connectivity index (χ3v) is 1.85. The van der Waals surface area contributed by atoms with Crippen molar-refractivity contribution in [1.82, 2.24) is 10.6 Å². The highest BCUT2D eigenvalue weighted by Crippen LogP contribution is 1.91. The van der Waals surface area contributed by atoms with Gasteiger partial charge in [0.15, 0.2) is 12.4 Å². The Morgan fingerprint density at radius 2 is 2.23 bits per heavy atom. The van der Waals surface area contributed by atoms with Gasteiger partial charge in [0.25, 0.3) is 0 Å². The Morgan fingerprint density at radius 1 is 1.46 bits per heavy atom. The maximum Gasteiger partial charge on any atom is 0.303 e. The fourth-order valence-electron chi connectivity index (χ4n) is 1.15. The Bertz CT molecular complexity index is 200. The van der Waals surface area contributed by atoms with E-state index in [0.29, 0.717) is 6.54 Å². The number of rotatable bonds is 3. The van der Waals surface area contributed by atoms with Crippen LogP contribution in [0.1, 0.15) is 6.92 Å². The smallest absolute Gasteiger partial charge is 0.303 e. The summed E-state index contributed by atoms with van der Waals surface area (Å²) in [6, 6.07) is -0.215. The second-order valence-electron chi connectivity index (χ2n) is 2.96. The van der Waals surface area contributed by atoms with E-state index in [2.05, 4.69) is 15.4 Å². The molecule has 1 atom stereocenters. The topological polar surface area (TPSA) is 67.4 Å². The highest BCUT2D eigenvalue weighted by atomic mass is 16.5. The summed E-state index contributed by atoms with van der Waals surface area (Å²) in [5.74, 6) is -0.500. The van der Waals surface area contributed by atoms with E-state index in [1.54, 1.807) is 0 Å². The minimum Gasteiger partial charge on any atom is -0.458 e. The molecule has 1 saturated heterocycles. The fourth-order valence-corrected chi connectivity index (χ4v) is 1.15. The van der Waals surface area contributed by atoms with Crippen molar-refractivity contribution in [3.63, 3.8) is 0 Å². The average molecular weight is 186 g/mol. The Kier molecular flexibility index (Phi) is 3.85. The van der Waals surface area contributed by atoms with E-state index in [0.717, 1.165) is 13.1 Å². The molecule has 13 heavy (non-hydrogen) atoms. The number of ketones is 1. The Labute approximate surface area is 76.8 Å². The summed E-state index contributed by atoms with van der Waals surface area (Å²) in [6.45, 7) is 3.42. The van der Waals surface area contributed by atoms with Gasteiger partial charge in [0.2, 0.25) is 0 Å². The molecule has 0 bridgehead atoms. The zero-order chi connectivity index (χ0) is 9.68. The Morgan fingerprint density at radius 3 is 2.77 bits per heavy atom. The molecule has 1 fully saturated rings. The quantitative estimate of drug-likeness (QED) is 0.535. The van der Waals surface area contributed by atoms with E-state index in [-0.39, 0.29) is 18.4 Å². The lowest BCUT2D eigenvalue weighted by Gasteiger charge is -2.22. The molecule has 0 radical (unpaired) electrons. The summed E-state index contributed by atoms with van der Waals surface area (Å²) in [5.41, 5.74) is 0. The van der Waals surface area contributed by atoms with Crippen molar-refractivity contribution in [3.05, 3.63) is 0 Å². The molecule has 5 heteroatoms. The summed E-state index contributed by atoms with van der Waals surface area (Å²) < 4.78 is 4.60. The lowest BCUT2D eigenvalue weighted by atomic mass is 10.1. The van der Waals surface area contributed by atoms with Gasteiger partial charge in [-0.05, 0) is 0 Å². The van der Waals surface area contributed by atoms with Crippen LogP contribution in [-0.2, 0) is 14.3 Å². The van der Waals surface area contributed by atoms with Gasteiger partial charge in [-0.1, -0.05) is 0 Å². The summed E-state index contributed by atoms with van der Waals surface area (Å²) >= 11 is 0. The highest BCUT2D eigenvalue weighted by Gasteiger charge is 2.20. The van der Waals surface area contributed by atoms with Crippen molar-refractivity contribution >= 4 is 11.8 Å². The van der Waals surface area contributed by atoms with Crippen molar-refractivity contribution in [2.75, 3.05) is 26.2 Å². The van der Waals surface area contributed by atoms with E-state index in [1.165, 1.54) is 6.92 Å². The van der Waals surface area contributed by atoms with Gasteiger partial charge in [-0.3, -0.25) is 9.59 Å². The minimum absolute atomic E-state index is 0.0811. The van der Waals surface area contributed by atoms with E-state index in [9.17, 15) is 9.59 Å². The van der Waals surface area contributed by atoms with Crippen LogP contribution in [-0.4, -0.2) is 44.0 Å². The first-order valence-electron chi connectivity index (χ1n) is 4.30. The van der Waals surface area contributed by atoms with Crippen LogP contribution in [0.3, 0.4) is 0 Å². The lowest BCUT2D eigenvalue weighted by Crippen LogP contribution is -2.53. The minimum atomic E-state index is -0.419. The molecule has 0 aromatic rings. The Hall–Kier alpha value is -0.940. The molecule has 0 aromatic heterocycles. The monoisotopic (exact) mass is 186 g/mol. The molecular formula is C8H14N2O3. The third-order valence-electron chi connectivity index (χ3n) is 1.85. The third kappa shape index (κ3) is 3.52. The molecule has 1 heterocycles. The number of Topliss-reactive ketones (excluding diaryl/α,β-unsaturated/α-hetero) is 1. The van der Waals surface area contributed by atoms with E-state index < -0.39 is 5.97 Å². The van der Waals surface area contributed by atoms with Crippen LogP contribution >= 0.6 is 0 Å². The largest absolute Gasteiger partial charge is 0.458 e. The van der Waals surface area contributed by atoms with E-state index in [4.69, 9.17) is 0 Å². The van der Waals surface area contributed by atoms with E-state index >= 15 is 0 Å². The van der Waals surface area contributed by atoms with Crippen molar-refractivity contribution in [2.45, 2.75) is 13.0 Å². The van der Waals surface area contributed by atoms with Gasteiger partial charge in [-0.2, -0.15) is 0 Å². The number of hydrogen-bond donors (Lipinski definition) is 2. The molecule has 2 N–H and O–H groups in total. The van der Waals surface area contributed by atoms with Gasteiger partial charge in [0.1, 0.15) is 0 Å². The van der Waals surface area contributed by atoms with Gasteiger partial charge in [-0.25, -0.2) is 0 Å². The molecule has 74 valence electrons. The van der Waals surface area contributed by atoms with Crippen LogP contribution in [0, 0.1) is 0 Å². The number of piperazine rings is 1. The number of nitrogens with one attached hydrogen (secondary N) is 2. The average Bonchev–Trinajstić information content (AvgIpc) is 2.15. The maximum absolute atomic E-state index is 11.3. The summed E-state index contributed by atoms with van der Waals surface area (Å²) in [5, 5.41) is 6.12. The molecule has 1 unspecified atom stereocenters. The molecular weight excluding hydrogens is 172 g/mol. The molecule has 0 aliphatic carbocycles. The van der Waals surface area contributed by atoms with Crippen LogP contribution in [0.4, 0.5) is 0 Å². The predicted octanol–water partition coefficient (Wildman–Crippen LogP) is -1.32. The maximum atomic E-state index is 11.3. The van der Waals surface area contributed by atoms with Crippen LogP contribution in [0.5, 0.6) is 0 Å². The molecule has 0 amide bonds. The first-order valence-corrected chi connectivity index (χ1v) is 4.30. The molecule has 1 rings (SSSR count). The van der Waals surface area contributed by atoms with Crippen LogP contribution in [0.15, 0.2) is 0 Å². The van der Waals surface area contributed by atoms with Crippen molar-refractivity contribution in [3.8, 4) is 0 Å². The zero-order valence-corrected chi connectivity index (χ0v) is 7.63. The first-order chi connectivity index (χ1) is 6.20. The fraction of sp³-hybridized carbons (Fsp3) is 0.750. The van der Waals surface area contributed by atoms with Gasteiger partial charge >= 0.3 is 5.97 Å². The zero-order valence-electron chi connectivity index (χ0n) is 7.63. The standard InChI is InChI=1S/C8H14N2O3/c1-6(11)13-5-8(12)7-4-9-2-3-10-7/h7,9-10H,2-5H2,1H3. The number of hydrogen-bond acceptors (Lipinski definition) is 5. The number of esters is 1. The SMILES string of the molecule is CC(=O)OCC(=O)C1CNCCN1. The van der Waals surface area contributed by atoms with Gasteiger partial charge < -0.3 is 15.4 Å². The summed E-state index contributed by atoms with van der Waals surface area (Å²) in [6.07, 6.45) is 0. The van der Waals surface area contributed by atoms with Gasteiger partial charge in [-0.15, -0.1) is 0 Å². The molecule has 1 aliphatic rings. The van der Waals surface area contributed by atoms with Crippen molar-refractivity contribution in [1.29, 1.82) is 0 Å². The second kappa shape index (κ2) is 4.94. The molecule has 0 saturated carbocycles.